The number of aliphatic carboxylic acids is 1. The van der Waals surface area contributed by atoms with Crippen LogP contribution < -0.4 is 0 Å². The van der Waals surface area contributed by atoms with Gasteiger partial charge >= 0.3 is 5.97 Å². The van der Waals surface area contributed by atoms with E-state index in [9.17, 15) is 14.3 Å². The van der Waals surface area contributed by atoms with E-state index in [1.54, 1.807) is 19.1 Å². The van der Waals surface area contributed by atoms with Gasteiger partial charge < -0.3 is 5.11 Å². The summed E-state index contributed by atoms with van der Waals surface area (Å²) in [6, 6.07) is 15.1. The lowest BCUT2D eigenvalue weighted by Crippen LogP contribution is -2.02. The molecule has 0 unspecified atom stereocenters. The predicted molar refractivity (Wildman–Crippen MR) is 72.2 cm³/mol. The third kappa shape index (κ3) is 2.88. The average Bonchev–Trinajstić information content (AvgIpc) is 2.42. The van der Waals surface area contributed by atoms with Crippen LogP contribution in [0.15, 0.2) is 60.2 Å². The highest BCUT2D eigenvalue weighted by Gasteiger charge is 2.13. The van der Waals surface area contributed by atoms with Gasteiger partial charge in [-0.25, -0.2) is 9.18 Å². The molecule has 3 heteroatoms. The molecule has 2 rings (SSSR count). The number of carboxylic acids is 1. The van der Waals surface area contributed by atoms with Crippen molar-refractivity contribution in [2.24, 2.45) is 0 Å². The molecule has 0 aliphatic heterocycles. The molecule has 0 saturated carbocycles. The largest absolute Gasteiger partial charge is 0.478 e. The van der Waals surface area contributed by atoms with E-state index >= 15 is 0 Å². The van der Waals surface area contributed by atoms with E-state index in [1.807, 2.05) is 30.3 Å². The maximum absolute atomic E-state index is 13.0. The van der Waals surface area contributed by atoms with Gasteiger partial charge in [-0.15, -0.1) is 0 Å². The number of benzene rings is 2. The normalized spacial score (nSPS) is 11.9. The molecule has 0 heterocycles. The van der Waals surface area contributed by atoms with Gasteiger partial charge in [-0.2, -0.15) is 0 Å². The molecule has 2 aromatic rings. The molecule has 0 aromatic heterocycles. The zero-order valence-corrected chi connectivity index (χ0v) is 10.4. The van der Waals surface area contributed by atoms with Crippen LogP contribution >= 0.6 is 0 Å². The highest BCUT2D eigenvalue weighted by molar-refractivity contribution is 6.00. The molecule has 0 radical (unpaired) electrons. The molecule has 0 saturated heterocycles. The summed E-state index contributed by atoms with van der Waals surface area (Å²) in [5.41, 5.74) is 2.33. The van der Waals surface area contributed by atoms with E-state index in [0.717, 1.165) is 5.56 Å². The lowest BCUT2D eigenvalue weighted by molar-refractivity contribution is -0.132. The fourth-order valence-electron chi connectivity index (χ4n) is 1.93. The van der Waals surface area contributed by atoms with Crippen LogP contribution in [0.25, 0.3) is 5.57 Å². The summed E-state index contributed by atoms with van der Waals surface area (Å²) in [7, 11) is 0. The Morgan fingerprint density at radius 1 is 0.947 bits per heavy atom. The molecule has 0 spiro atoms. The maximum Gasteiger partial charge on any atom is 0.331 e. The van der Waals surface area contributed by atoms with Gasteiger partial charge in [0.25, 0.3) is 0 Å². The number of halogens is 1. The van der Waals surface area contributed by atoms with E-state index in [4.69, 9.17) is 0 Å². The minimum absolute atomic E-state index is 0.234. The number of carboxylic acid groups (broad SMARTS) is 1. The predicted octanol–water partition coefficient (Wildman–Crippen LogP) is 3.73. The van der Waals surface area contributed by atoms with E-state index < -0.39 is 5.97 Å². The zero-order valence-electron chi connectivity index (χ0n) is 10.4. The van der Waals surface area contributed by atoms with Crippen LogP contribution in [0.2, 0.25) is 0 Å². The Hall–Kier alpha value is -2.42. The highest BCUT2D eigenvalue weighted by atomic mass is 19.1. The standard InChI is InChI=1S/C16H13FO2/c1-11(16(18)19)15(12-5-3-2-4-6-12)13-7-9-14(17)10-8-13/h2-10H,1H3,(H,18,19). The van der Waals surface area contributed by atoms with Gasteiger partial charge in [0.15, 0.2) is 0 Å². The van der Waals surface area contributed by atoms with Gasteiger partial charge in [-0.1, -0.05) is 42.5 Å². The number of carbonyl (C=O) groups is 1. The summed E-state index contributed by atoms with van der Waals surface area (Å²) in [4.78, 5) is 11.2. The molecule has 0 bridgehead atoms. The molecule has 96 valence electrons. The molecule has 0 amide bonds. The minimum Gasteiger partial charge on any atom is -0.478 e. The van der Waals surface area contributed by atoms with Crippen molar-refractivity contribution < 1.29 is 14.3 Å². The molecule has 0 fully saturated rings. The Balaban J connectivity index is 2.63. The van der Waals surface area contributed by atoms with Gasteiger partial charge in [-0.05, 0) is 35.8 Å². The van der Waals surface area contributed by atoms with Crippen molar-refractivity contribution in [1.82, 2.24) is 0 Å². The van der Waals surface area contributed by atoms with Crippen molar-refractivity contribution in [1.29, 1.82) is 0 Å². The van der Waals surface area contributed by atoms with Gasteiger partial charge in [0.1, 0.15) is 5.82 Å². The molecule has 2 nitrogen and oxygen atoms in total. The first-order chi connectivity index (χ1) is 9.09. The minimum atomic E-state index is -0.983. The third-order valence-corrected chi connectivity index (χ3v) is 2.89. The number of hydrogen-bond donors (Lipinski definition) is 1. The van der Waals surface area contributed by atoms with Gasteiger partial charge in [0.05, 0.1) is 0 Å². The topological polar surface area (TPSA) is 37.3 Å². The summed E-state index contributed by atoms with van der Waals surface area (Å²) in [5.74, 6) is -1.33. The second-order valence-electron chi connectivity index (χ2n) is 4.18. The highest BCUT2D eigenvalue weighted by Crippen LogP contribution is 2.27. The Kier molecular flexibility index (Phi) is 3.76. The van der Waals surface area contributed by atoms with Crippen LogP contribution in [0, 0.1) is 5.82 Å². The van der Waals surface area contributed by atoms with Crippen molar-refractivity contribution >= 4 is 11.5 Å². The van der Waals surface area contributed by atoms with Crippen LogP contribution in [-0.4, -0.2) is 11.1 Å². The van der Waals surface area contributed by atoms with E-state index in [-0.39, 0.29) is 11.4 Å². The lowest BCUT2D eigenvalue weighted by atomic mass is 9.93. The quantitative estimate of drug-likeness (QED) is 0.849. The molecular weight excluding hydrogens is 243 g/mol. The number of hydrogen-bond acceptors (Lipinski definition) is 1. The van der Waals surface area contributed by atoms with Crippen molar-refractivity contribution in [3.63, 3.8) is 0 Å². The number of rotatable bonds is 3. The van der Waals surface area contributed by atoms with E-state index in [2.05, 4.69) is 0 Å². The van der Waals surface area contributed by atoms with Gasteiger partial charge in [0.2, 0.25) is 0 Å². The van der Waals surface area contributed by atoms with Crippen molar-refractivity contribution in [2.75, 3.05) is 0 Å². The maximum atomic E-state index is 13.0. The van der Waals surface area contributed by atoms with Crippen LogP contribution in [0.5, 0.6) is 0 Å². The smallest absolute Gasteiger partial charge is 0.331 e. The van der Waals surface area contributed by atoms with Crippen molar-refractivity contribution in [3.8, 4) is 0 Å². The lowest BCUT2D eigenvalue weighted by Gasteiger charge is -2.11. The molecule has 1 N–H and O–H groups in total. The van der Waals surface area contributed by atoms with Crippen LogP contribution in [-0.2, 0) is 4.79 Å². The van der Waals surface area contributed by atoms with E-state index in [0.29, 0.717) is 11.1 Å². The third-order valence-electron chi connectivity index (χ3n) is 2.89. The fourth-order valence-corrected chi connectivity index (χ4v) is 1.93. The first-order valence-corrected chi connectivity index (χ1v) is 5.85. The van der Waals surface area contributed by atoms with Gasteiger partial charge in [-0.3, -0.25) is 0 Å². The molecule has 19 heavy (non-hydrogen) atoms. The average molecular weight is 256 g/mol. The first-order valence-electron chi connectivity index (χ1n) is 5.85. The second-order valence-corrected chi connectivity index (χ2v) is 4.18. The fraction of sp³-hybridized carbons (Fsp3) is 0.0625. The molecule has 0 aliphatic carbocycles. The SMILES string of the molecule is CC(C(=O)O)=C(c1ccccc1)c1ccc(F)cc1. The first kappa shape index (κ1) is 13.0. The molecule has 0 aliphatic rings. The Labute approximate surface area is 110 Å². The van der Waals surface area contributed by atoms with Crippen LogP contribution in [0.1, 0.15) is 18.1 Å². The monoisotopic (exact) mass is 256 g/mol. The second kappa shape index (κ2) is 5.48. The van der Waals surface area contributed by atoms with Gasteiger partial charge in [0, 0.05) is 5.57 Å². The summed E-state index contributed by atoms with van der Waals surface area (Å²) in [6.07, 6.45) is 0. The van der Waals surface area contributed by atoms with Crippen LogP contribution in [0.3, 0.4) is 0 Å². The zero-order chi connectivity index (χ0) is 13.8. The molecule has 0 atom stereocenters. The summed E-state index contributed by atoms with van der Waals surface area (Å²) >= 11 is 0. The summed E-state index contributed by atoms with van der Waals surface area (Å²) in [5, 5.41) is 9.20. The summed E-state index contributed by atoms with van der Waals surface area (Å²) < 4.78 is 13.0. The Bertz CT molecular complexity index is 613. The Morgan fingerprint density at radius 2 is 1.47 bits per heavy atom. The van der Waals surface area contributed by atoms with E-state index in [1.165, 1.54) is 12.1 Å². The molecule has 2 aromatic carbocycles. The van der Waals surface area contributed by atoms with Crippen molar-refractivity contribution in [3.05, 3.63) is 77.1 Å². The Morgan fingerprint density at radius 3 is 2.00 bits per heavy atom. The van der Waals surface area contributed by atoms with Crippen LogP contribution in [0.4, 0.5) is 4.39 Å². The molecular formula is C16H13FO2. The van der Waals surface area contributed by atoms with Crippen molar-refractivity contribution in [2.45, 2.75) is 6.92 Å². The summed E-state index contributed by atoms with van der Waals surface area (Å²) in [6.45, 7) is 1.55.